The third-order valence-electron chi connectivity index (χ3n) is 6.65. The fraction of sp³-hybridized carbons (Fsp3) is 0.417. The number of rotatable bonds is 4. The number of aliphatic imine (C=N–C) groups is 1. The second-order valence-electron chi connectivity index (χ2n) is 9.17. The van der Waals surface area contributed by atoms with Gasteiger partial charge in [-0.25, -0.2) is 9.98 Å². The first-order chi connectivity index (χ1) is 16.4. The number of hydrogen-bond donors (Lipinski definition) is 2. The lowest BCUT2D eigenvalue weighted by molar-refractivity contribution is 0.392. The number of aromatic nitrogens is 5. The zero-order valence-electron chi connectivity index (χ0n) is 20.2. The average molecular weight is 461 g/mol. The van der Waals surface area contributed by atoms with E-state index < -0.39 is 0 Å². The van der Waals surface area contributed by atoms with Crippen molar-refractivity contribution in [2.75, 3.05) is 24.4 Å². The van der Waals surface area contributed by atoms with Gasteiger partial charge in [0, 0.05) is 26.1 Å². The first-order valence-corrected chi connectivity index (χ1v) is 11.5. The fourth-order valence-electron chi connectivity index (χ4n) is 4.85. The van der Waals surface area contributed by atoms with Gasteiger partial charge in [0.25, 0.3) is 0 Å². The largest absolute Gasteiger partial charge is 0.481 e. The standard InChI is InChI=1S/C24H28N8O2/c1-11-19(12(2)34-30-11)15-9-17-21(28-24(15)33-6)20-22(27-17)25-13(3)26-23(20)31(4)18-10-16(14-7-8-14)29-32(18)5/h9-10,13-14,25,27H,7-8H2,1-6H3. The van der Waals surface area contributed by atoms with Gasteiger partial charge >= 0.3 is 0 Å². The van der Waals surface area contributed by atoms with Crippen LogP contribution in [0.1, 0.15) is 48.4 Å². The van der Waals surface area contributed by atoms with Crippen molar-refractivity contribution in [3.63, 3.8) is 0 Å². The summed E-state index contributed by atoms with van der Waals surface area (Å²) in [4.78, 5) is 15.5. The molecule has 176 valence electrons. The number of amidine groups is 1. The number of fused-ring (bicyclic) bond motifs is 3. The molecule has 4 aromatic heterocycles. The number of methoxy groups -OCH3 is 1. The Kier molecular flexibility index (Phi) is 4.48. The minimum absolute atomic E-state index is 0.0990. The smallest absolute Gasteiger partial charge is 0.221 e. The Balaban J connectivity index is 1.51. The van der Waals surface area contributed by atoms with Crippen LogP contribution in [0, 0.1) is 13.8 Å². The molecule has 5 heterocycles. The van der Waals surface area contributed by atoms with Gasteiger partial charge in [-0.3, -0.25) is 4.68 Å². The van der Waals surface area contributed by atoms with Gasteiger partial charge in [-0.15, -0.1) is 0 Å². The number of nitrogens with one attached hydrogen (secondary N) is 2. The highest BCUT2D eigenvalue weighted by Gasteiger charge is 2.32. The van der Waals surface area contributed by atoms with Crippen molar-refractivity contribution < 1.29 is 9.26 Å². The third-order valence-corrected chi connectivity index (χ3v) is 6.65. The van der Waals surface area contributed by atoms with E-state index in [0.717, 1.165) is 62.3 Å². The molecule has 0 spiro atoms. The van der Waals surface area contributed by atoms with Crippen molar-refractivity contribution >= 4 is 28.5 Å². The first-order valence-electron chi connectivity index (χ1n) is 11.5. The molecule has 0 saturated heterocycles. The van der Waals surface area contributed by atoms with Gasteiger partial charge in [0.05, 0.1) is 40.7 Å². The molecule has 1 saturated carbocycles. The molecular formula is C24H28N8O2. The number of H-pyrrole nitrogens is 1. The maximum Gasteiger partial charge on any atom is 0.221 e. The molecule has 1 aliphatic heterocycles. The predicted octanol–water partition coefficient (Wildman–Crippen LogP) is 4.11. The summed E-state index contributed by atoms with van der Waals surface area (Å²) >= 11 is 0. The van der Waals surface area contributed by atoms with Crippen LogP contribution >= 0.6 is 0 Å². The Morgan fingerprint density at radius 3 is 2.68 bits per heavy atom. The second kappa shape index (κ2) is 7.34. The molecule has 0 bridgehead atoms. The van der Waals surface area contributed by atoms with Crippen LogP contribution in [0.4, 0.5) is 11.6 Å². The molecule has 1 atom stereocenters. The van der Waals surface area contributed by atoms with E-state index >= 15 is 0 Å². The zero-order valence-corrected chi connectivity index (χ0v) is 20.2. The Labute approximate surface area is 197 Å². The van der Waals surface area contributed by atoms with Crippen LogP contribution in [-0.4, -0.2) is 51.1 Å². The van der Waals surface area contributed by atoms with E-state index in [1.165, 1.54) is 12.8 Å². The lowest BCUT2D eigenvalue weighted by atomic mass is 10.0. The summed E-state index contributed by atoms with van der Waals surface area (Å²) in [5.74, 6) is 4.53. The molecule has 0 aromatic carbocycles. The summed E-state index contributed by atoms with van der Waals surface area (Å²) in [7, 11) is 5.64. The van der Waals surface area contributed by atoms with Crippen molar-refractivity contribution in [1.29, 1.82) is 0 Å². The number of anilines is 2. The molecule has 1 aliphatic carbocycles. The summed E-state index contributed by atoms with van der Waals surface area (Å²) in [5, 5.41) is 12.3. The number of hydrogen-bond acceptors (Lipinski definition) is 8. The van der Waals surface area contributed by atoms with Gasteiger partial charge in [-0.1, -0.05) is 5.16 Å². The molecule has 1 unspecified atom stereocenters. The Morgan fingerprint density at radius 1 is 1.21 bits per heavy atom. The van der Waals surface area contributed by atoms with Crippen LogP contribution in [-0.2, 0) is 7.05 Å². The van der Waals surface area contributed by atoms with Crippen molar-refractivity contribution in [2.24, 2.45) is 12.0 Å². The molecule has 0 amide bonds. The molecule has 10 heteroatoms. The quantitative estimate of drug-likeness (QED) is 0.472. The van der Waals surface area contributed by atoms with Crippen LogP contribution in [0.2, 0.25) is 0 Å². The van der Waals surface area contributed by atoms with Gasteiger partial charge in [-0.2, -0.15) is 5.10 Å². The average Bonchev–Trinajstić information content (AvgIpc) is 3.38. The predicted molar refractivity (Wildman–Crippen MR) is 131 cm³/mol. The van der Waals surface area contributed by atoms with E-state index in [1.807, 2.05) is 45.6 Å². The van der Waals surface area contributed by atoms with Crippen molar-refractivity contribution in [3.05, 3.63) is 34.8 Å². The Bertz CT molecular complexity index is 1440. The normalized spacial score (nSPS) is 17.5. The minimum Gasteiger partial charge on any atom is -0.481 e. The lowest BCUT2D eigenvalue weighted by Crippen LogP contribution is -2.35. The molecule has 2 aliphatic rings. The molecule has 10 nitrogen and oxygen atoms in total. The fourth-order valence-corrected chi connectivity index (χ4v) is 4.85. The van der Waals surface area contributed by atoms with Gasteiger partial charge in [0.2, 0.25) is 5.88 Å². The van der Waals surface area contributed by atoms with Crippen LogP contribution < -0.4 is 15.0 Å². The number of nitrogens with zero attached hydrogens (tertiary/aromatic N) is 6. The summed E-state index contributed by atoms with van der Waals surface area (Å²) < 4.78 is 13.1. The first kappa shape index (κ1) is 20.8. The highest BCUT2D eigenvalue weighted by molar-refractivity contribution is 6.20. The van der Waals surface area contributed by atoms with Gasteiger partial charge < -0.3 is 24.5 Å². The Hall–Kier alpha value is -3.82. The van der Waals surface area contributed by atoms with Crippen molar-refractivity contribution in [3.8, 4) is 17.0 Å². The molecule has 6 rings (SSSR count). The summed E-state index contributed by atoms with van der Waals surface area (Å²) in [6.45, 7) is 5.85. The minimum atomic E-state index is -0.0990. The topological polar surface area (TPSA) is 109 Å². The van der Waals surface area contributed by atoms with E-state index in [0.29, 0.717) is 11.8 Å². The van der Waals surface area contributed by atoms with E-state index in [2.05, 4.69) is 26.4 Å². The number of pyridine rings is 1. The van der Waals surface area contributed by atoms with Crippen LogP contribution in [0.3, 0.4) is 0 Å². The number of aromatic amines is 1. The van der Waals surface area contributed by atoms with E-state index in [9.17, 15) is 0 Å². The van der Waals surface area contributed by atoms with E-state index in [4.69, 9.17) is 24.3 Å². The van der Waals surface area contributed by atoms with Crippen LogP contribution in [0.5, 0.6) is 5.88 Å². The van der Waals surface area contributed by atoms with E-state index in [-0.39, 0.29) is 6.17 Å². The molecule has 1 fully saturated rings. The van der Waals surface area contributed by atoms with Crippen molar-refractivity contribution in [2.45, 2.75) is 45.7 Å². The molecular weight excluding hydrogens is 432 g/mol. The number of aryl methyl sites for hydroxylation is 3. The SMILES string of the molecule is COc1nc2c3c([nH]c2cc1-c1c(C)noc1C)NC(C)N=C3N(C)c1cc(C2CC2)nn1C. The highest BCUT2D eigenvalue weighted by Crippen LogP contribution is 2.42. The van der Waals surface area contributed by atoms with Crippen molar-refractivity contribution in [1.82, 2.24) is 24.9 Å². The zero-order chi connectivity index (χ0) is 23.7. The van der Waals surface area contributed by atoms with E-state index in [1.54, 1.807) is 7.11 Å². The van der Waals surface area contributed by atoms with Gasteiger partial charge in [0.1, 0.15) is 34.9 Å². The number of ether oxygens (including phenoxy) is 1. The maximum atomic E-state index is 5.72. The van der Waals surface area contributed by atoms with Crippen LogP contribution in [0.15, 0.2) is 21.6 Å². The maximum absolute atomic E-state index is 5.72. The molecule has 0 radical (unpaired) electrons. The summed E-state index contributed by atoms with van der Waals surface area (Å²) in [6.07, 6.45) is 2.33. The third kappa shape index (κ3) is 3.08. The summed E-state index contributed by atoms with van der Waals surface area (Å²) in [6, 6.07) is 4.22. The van der Waals surface area contributed by atoms with Crippen LogP contribution in [0.25, 0.3) is 22.2 Å². The van der Waals surface area contributed by atoms with Gasteiger partial charge in [-0.05, 0) is 39.7 Å². The Morgan fingerprint density at radius 2 is 2.00 bits per heavy atom. The molecule has 34 heavy (non-hydrogen) atoms. The lowest BCUT2D eigenvalue weighted by Gasteiger charge is -2.27. The highest BCUT2D eigenvalue weighted by atomic mass is 16.5. The second-order valence-corrected chi connectivity index (χ2v) is 9.17. The molecule has 2 N–H and O–H groups in total. The summed E-state index contributed by atoms with van der Waals surface area (Å²) in [5.41, 5.74) is 6.26. The molecule has 4 aromatic rings. The van der Waals surface area contributed by atoms with Gasteiger partial charge in [0.15, 0.2) is 0 Å². The monoisotopic (exact) mass is 460 g/mol.